The number of hydrogen-bond donors (Lipinski definition) is 2. The number of amides is 2. The van der Waals surface area contributed by atoms with Gasteiger partial charge in [0.15, 0.2) is 29.2 Å². The minimum atomic E-state index is -1.58. The molecule has 14 atom stereocenters. The smallest absolute Gasteiger partial charge is 0.407 e. The molecule has 0 aliphatic carbocycles. The Morgan fingerprint density at radius 3 is 2.26 bits per heavy atom. The van der Waals surface area contributed by atoms with E-state index in [1.807, 2.05) is 20.9 Å². The Bertz CT molecular complexity index is 2280. The van der Waals surface area contributed by atoms with Crippen molar-refractivity contribution in [2.24, 2.45) is 29.6 Å². The SMILES string of the molecule is CC[C@H]1OC(=O)[C@H](C)[C@@H](OC(=O)CCl)[C@H](C)[C@@H](O[C@@H]2O[C@H](C)C[C@H]3[C@H]2OC(C)(C)ON3C)[C@](C)(OC)C[C@@H](C)C(=O)[C@H](C)[C@@H](C)[C@]1(C)OC(=O)NCCCOc1cc(C(=O)Nc2c(Cl)cncc2Cl)ccc1OC. The molecule has 74 heavy (non-hydrogen) atoms. The third kappa shape index (κ3) is 14.3. The number of benzene rings is 1. The van der Waals surface area contributed by atoms with Crippen molar-refractivity contribution in [1.29, 1.82) is 0 Å². The number of halogens is 3. The van der Waals surface area contributed by atoms with Gasteiger partial charge in [0, 0.05) is 62.3 Å². The number of esters is 2. The Morgan fingerprint density at radius 1 is 0.959 bits per heavy atom. The highest BCUT2D eigenvalue weighted by Gasteiger charge is 2.55. The topological polar surface area (TPSA) is 218 Å². The van der Waals surface area contributed by atoms with Crippen LogP contribution < -0.4 is 20.1 Å². The molecule has 22 heteroatoms. The minimum Gasteiger partial charge on any atom is -0.493 e. The summed E-state index contributed by atoms with van der Waals surface area (Å²) in [6.07, 6.45) is -2.21. The molecule has 0 unspecified atom stereocenters. The van der Waals surface area contributed by atoms with Gasteiger partial charge in [-0.05, 0) is 85.4 Å². The standard InChI is InChI=1S/C52H75Cl3N4O15/c1-15-39-52(11,73-49(64)57-19-16-20-67-38-22-33(17-18-37(38)65-13)46(62)58-41-34(54)25-56-26-35(41)55)32(7)29(4)42(61)27(2)23-51(10,66-14)45(30(5)43(70-40(60)24-53)31(6)47(63)69-39)71-48-44-36(21-28(3)68-48)59(12)74-50(8,9)72-44/h17-18,22,25-32,36,39,43-45,48H,15-16,19-21,23-24H2,1-14H3,(H,57,64)(H,56,58,62)/t27-,28-,29-,30+,31-,32-,36+,39-,43+,44-,45-,48+,51-,52+/m1/s1. The van der Waals surface area contributed by atoms with E-state index in [0.29, 0.717) is 12.2 Å². The molecule has 19 nitrogen and oxygen atoms in total. The second-order valence-electron chi connectivity index (χ2n) is 20.5. The number of methoxy groups -OCH3 is 2. The Kier molecular flexibility index (Phi) is 21.3. The van der Waals surface area contributed by atoms with E-state index in [9.17, 15) is 24.0 Å². The molecule has 3 aliphatic heterocycles. The molecule has 3 aliphatic rings. The number of alkyl halides is 1. The normalized spacial score (nSPS) is 33.0. The molecular weight excluding hydrogens is 1030 g/mol. The maximum Gasteiger partial charge on any atom is 0.407 e. The van der Waals surface area contributed by atoms with Gasteiger partial charge in [0.1, 0.15) is 30.0 Å². The van der Waals surface area contributed by atoms with Crippen molar-refractivity contribution in [3.8, 4) is 11.5 Å². The summed E-state index contributed by atoms with van der Waals surface area (Å²) in [7, 11) is 4.81. The Balaban J connectivity index is 1.38. The minimum absolute atomic E-state index is 0.0783. The predicted molar refractivity (Wildman–Crippen MR) is 275 cm³/mol. The van der Waals surface area contributed by atoms with E-state index in [4.69, 9.17) is 82.3 Å². The zero-order valence-electron chi connectivity index (χ0n) is 44.9. The number of anilines is 1. The van der Waals surface area contributed by atoms with Crippen LogP contribution in [0.15, 0.2) is 30.6 Å². The van der Waals surface area contributed by atoms with Crippen molar-refractivity contribution in [2.75, 3.05) is 45.6 Å². The molecule has 2 amide bonds. The molecule has 1 aromatic carbocycles. The summed E-state index contributed by atoms with van der Waals surface area (Å²) in [4.78, 5) is 79.6. The summed E-state index contributed by atoms with van der Waals surface area (Å²) < 4.78 is 56.5. The van der Waals surface area contributed by atoms with E-state index in [1.165, 1.54) is 32.7 Å². The number of carbonyl (C=O) groups is 5. The number of cyclic esters (lactones) is 1. The first-order chi connectivity index (χ1) is 34.7. The molecule has 4 heterocycles. The number of aromatic nitrogens is 1. The second-order valence-corrected chi connectivity index (χ2v) is 21.5. The van der Waals surface area contributed by atoms with E-state index in [1.54, 1.807) is 79.5 Å². The second kappa shape index (κ2) is 25.9. The van der Waals surface area contributed by atoms with Gasteiger partial charge in [-0.1, -0.05) is 57.8 Å². The molecule has 414 valence electrons. The van der Waals surface area contributed by atoms with Gasteiger partial charge >= 0.3 is 18.0 Å². The first kappa shape index (κ1) is 60.8. The van der Waals surface area contributed by atoms with Crippen molar-refractivity contribution in [3.63, 3.8) is 0 Å². The van der Waals surface area contributed by atoms with Crippen molar-refractivity contribution in [1.82, 2.24) is 15.4 Å². The number of alkyl carbamates (subject to hydrolysis) is 1. The number of carbonyl (C=O) groups excluding carboxylic acids is 5. The maximum atomic E-state index is 14.8. The third-order valence-electron chi connectivity index (χ3n) is 14.7. The number of hydroxylamine groups is 2. The lowest BCUT2D eigenvalue weighted by molar-refractivity contribution is -0.441. The number of rotatable bonds is 15. The Morgan fingerprint density at radius 2 is 1.64 bits per heavy atom. The summed E-state index contributed by atoms with van der Waals surface area (Å²) >= 11 is 18.4. The molecule has 3 fully saturated rings. The highest BCUT2D eigenvalue weighted by Crippen LogP contribution is 2.44. The largest absolute Gasteiger partial charge is 0.493 e. The average molecular weight is 1100 g/mol. The number of fused-ring (bicyclic) bond motifs is 1. The molecule has 0 bridgehead atoms. The quantitative estimate of drug-likeness (QED) is 0.0737. The first-order valence-electron chi connectivity index (χ1n) is 25.1. The predicted octanol–water partition coefficient (Wildman–Crippen LogP) is 8.82. The zero-order chi connectivity index (χ0) is 55.0. The molecule has 0 spiro atoms. The summed E-state index contributed by atoms with van der Waals surface area (Å²) in [5.74, 6) is -7.26. The maximum absolute atomic E-state index is 14.8. The third-order valence-corrected chi connectivity index (χ3v) is 15.5. The Hall–Kier alpha value is -4.05. The molecule has 0 radical (unpaired) electrons. The van der Waals surface area contributed by atoms with E-state index >= 15 is 0 Å². The van der Waals surface area contributed by atoms with Gasteiger partial charge in [0.2, 0.25) is 0 Å². The number of nitrogens with one attached hydrogen (secondary N) is 2. The van der Waals surface area contributed by atoms with E-state index in [-0.39, 0.29) is 77.4 Å². The molecule has 2 aromatic rings. The van der Waals surface area contributed by atoms with Crippen LogP contribution in [0.2, 0.25) is 10.0 Å². The molecule has 1 aromatic heterocycles. The molecule has 0 saturated carbocycles. The molecule has 5 rings (SSSR count). The molecule has 3 saturated heterocycles. The van der Waals surface area contributed by atoms with Gasteiger partial charge in [0.05, 0.1) is 59.2 Å². The fourth-order valence-electron chi connectivity index (χ4n) is 10.4. The highest BCUT2D eigenvalue weighted by atomic mass is 35.5. The molecular formula is C52H75Cl3N4O15. The summed E-state index contributed by atoms with van der Waals surface area (Å²) in [6.45, 7) is 19.6. The fourth-order valence-corrected chi connectivity index (χ4v) is 10.9. The van der Waals surface area contributed by atoms with Crippen LogP contribution >= 0.6 is 34.8 Å². The zero-order valence-corrected chi connectivity index (χ0v) is 47.2. The van der Waals surface area contributed by atoms with Crippen molar-refractivity contribution >= 4 is 70.2 Å². The number of nitrogens with zero attached hydrogens (tertiary/aromatic N) is 2. The number of likely N-dealkylation sites (N-methyl/N-ethyl adjacent to an activating group) is 1. The summed E-state index contributed by atoms with van der Waals surface area (Å²) in [5.41, 5.74) is -2.43. The number of pyridine rings is 1. The lowest BCUT2D eigenvalue weighted by atomic mass is 9.71. The van der Waals surface area contributed by atoms with Crippen molar-refractivity contribution in [3.05, 3.63) is 46.2 Å². The van der Waals surface area contributed by atoms with Gasteiger partial charge < -0.3 is 53.3 Å². The lowest BCUT2D eigenvalue weighted by Gasteiger charge is -2.53. The first-order valence-corrected chi connectivity index (χ1v) is 26.4. The monoisotopic (exact) mass is 1100 g/mol. The summed E-state index contributed by atoms with van der Waals surface area (Å²) in [5, 5.41) is 7.53. The van der Waals surface area contributed by atoms with Crippen LogP contribution in [0.5, 0.6) is 11.5 Å². The van der Waals surface area contributed by atoms with Crippen molar-refractivity contribution < 1.29 is 71.4 Å². The van der Waals surface area contributed by atoms with Gasteiger partial charge in [0.25, 0.3) is 5.91 Å². The van der Waals surface area contributed by atoms with Gasteiger partial charge in [-0.15, -0.1) is 11.6 Å². The van der Waals surface area contributed by atoms with E-state index in [2.05, 4.69) is 15.6 Å². The van der Waals surface area contributed by atoms with Crippen LogP contribution in [0.1, 0.15) is 112 Å². The number of Topliss-reactive ketones (excluding diaryl/α,β-unsaturated/α-hetero) is 1. The number of ether oxygens (including phenoxy) is 9. The van der Waals surface area contributed by atoms with Crippen LogP contribution in [-0.4, -0.2) is 140 Å². The summed E-state index contributed by atoms with van der Waals surface area (Å²) in [6, 6.07) is 4.36. The van der Waals surface area contributed by atoms with E-state index in [0.717, 1.165) is 0 Å². The van der Waals surface area contributed by atoms with E-state index < -0.39 is 107 Å². The number of hydrogen-bond acceptors (Lipinski definition) is 17. The Labute approximate surface area is 449 Å². The number of ketones is 1. The van der Waals surface area contributed by atoms with Crippen LogP contribution in [0, 0.1) is 29.6 Å². The van der Waals surface area contributed by atoms with Crippen LogP contribution in [0.25, 0.3) is 0 Å². The van der Waals surface area contributed by atoms with Crippen LogP contribution in [-0.2, 0) is 52.4 Å². The van der Waals surface area contributed by atoms with Crippen LogP contribution in [0.3, 0.4) is 0 Å². The lowest BCUT2D eigenvalue weighted by Crippen LogP contribution is -2.65. The van der Waals surface area contributed by atoms with Gasteiger partial charge in [-0.3, -0.25) is 29.0 Å². The average Bonchev–Trinajstić information content (AvgIpc) is 3.35. The fraction of sp³-hybridized carbons (Fsp3) is 0.692. The van der Waals surface area contributed by atoms with Crippen molar-refractivity contribution in [2.45, 2.75) is 162 Å². The van der Waals surface area contributed by atoms with Gasteiger partial charge in [-0.25, -0.2) is 4.79 Å². The van der Waals surface area contributed by atoms with Crippen LogP contribution in [0.4, 0.5) is 10.5 Å². The molecule has 2 N–H and O–H groups in total. The highest BCUT2D eigenvalue weighted by molar-refractivity contribution is 6.39. The van der Waals surface area contributed by atoms with Gasteiger partial charge in [-0.2, -0.15) is 5.06 Å².